The summed E-state index contributed by atoms with van der Waals surface area (Å²) in [7, 11) is 1.48. The number of rotatable bonds is 3. The van der Waals surface area contributed by atoms with Gasteiger partial charge in [-0.25, -0.2) is 4.39 Å². The Morgan fingerprint density at radius 1 is 1.62 bits per heavy atom. The molecule has 0 bridgehead atoms. The van der Waals surface area contributed by atoms with Crippen LogP contribution in [0.1, 0.15) is 11.6 Å². The highest BCUT2D eigenvalue weighted by Gasteiger charge is 2.08. The van der Waals surface area contributed by atoms with Crippen LogP contribution in [0.5, 0.6) is 5.75 Å². The van der Waals surface area contributed by atoms with Crippen LogP contribution in [0.25, 0.3) is 0 Å². The molecule has 1 unspecified atom stereocenters. The first-order chi connectivity index (χ1) is 6.19. The summed E-state index contributed by atoms with van der Waals surface area (Å²) in [4.78, 5) is 0. The van der Waals surface area contributed by atoms with Crippen LogP contribution in [-0.4, -0.2) is 7.11 Å². The van der Waals surface area contributed by atoms with Crippen molar-refractivity contribution in [1.29, 1.82) is 0 Å². The number of hydrogen-bond donors (Lipinski definition) is 1. The summed E-state index contributed by atoms with van der Waals surface area (Å²) in [6.07, 6.45) is 1.58. The van der Waals surface area contributed by atoms with Gasteiger partial charge in [-0.15, -0.1) is 6.58 Å². The van der Waals surface area contributed by atoms with Crippen molar-refractivity contribution < 1.29 is 9.13 Å². The minimum absolute atomic E-state index is 0.324. The molecule has 0 fully saturated rings. The van der Waals surface area contributed by atoms with Gasteiger partial charge < -0.3 is 10.5 Å². The Bertz CT molecular complexity index is 312. The van der Waals surface area contributed by atoms with Gasteiger partial charge in [0.25, 0.3) is 0 Å². The van der Waals surface area contributed by atoms with Gasteiger partial charge in [0.05, 0.1) is 13.2 Å². The zero-order valence-electron chi connectivity index (χ0n) is 7.46. The zero-order valence-corrected chi connectivity index (χ0v) is 7.46. The molecule has 0 aliphatic rings. The molecular weight excluding hydrogens is 169 g/mol. The molecule has 0 saturated heterocycles. The fraction of sp³-hybridized carbons (Fsp3) is 0.200. The highest BCUT2D eigenvalue weighted by molar-refractivity contribution is 5.37. The van der Waals surface area contributed by atoms with Crippen LogP contribution in [0.3, 0.4) is 0 Å². The molecule has 1 atom stereocenters. The molecule has 1 aromatic carbocycles. The van der Waals surface area contributed by atoms with E-state index in [4.69, 9.17) is 10.5 Å². The van der Waals surface area contributed by atoms with E-state index in [1.807, 2.05) is 0 Å². The van der Waals surface area contributed by atoms with E-state index in [1.165, 1.54) is 19.2 Å². The Balaban J connectivity index is 3.12. The SMILES string of the molecule is C=CC(N)c1ccc(F)cc1OC. The van der Waals surface area contributed by atoms with Crippen LogP contribution in [0.4, 0.5) is 4.39 Å². The van der Waals surface area contributed by atoms with E-state index < -0.39 is 0 Å². The van der Waals surface area contributed by atoms with E-state index in [2.05, 4.69) is 6.58 Å². The van der Waals surface area contributed by atoms with E-state index in [1.54, 1.807) is 12.1 Å². The zero-order chi connectivity index (χ0) is 9.84. The summed E-state index contributed by atoms with van der Waals surface area (Å²) in [5.74, 6) is 0.115. The quantitative estimate of drug-likeness (QED) is 0.724. The Hall–Kier alpha value is -1.35. The molecule has 0 spiro atoms. The van der Waals surface area contributed by atoms with Crippen LogP contribution in [-0.2, 0) is 0 Å². The van der Waals surface area contributed by atoms with Crippen molar-refractivity contribution >= 4 is 0 Å². The average Bonchev–Trinajstić information content (AvgIpc) is 2.16. The number of ether oxygens (including phenoxy) is 1. The third-order valence-electron chi connectivity index (χ3n) is 1.81. The molecule has 0 aliphatic carbocycles. The molecule has 0 radical (unpaired) electrons. The second-order valence-electron chi connectivity index (χ2n) is 2.65. The monoisotopic (exact) mass is 181 g/mol. The standard InChI is InChI=1S/C10H12FNO/c1-3-9(12)8-5-4-7(11)6-10(8)13-2/h3-6,9H,1,12H2,2H3. The lowest BCUT2D eigenvalue weighted by Gasteiger charge is -2.11. The third-order valence-corrected chi connectivity index (χ3v) is 1.81. The normalized spacial score (nSPS) is 12.2. The Morgan fingerprint density at radius 3 is 2.85 bits per heavy atom. The summed E-state index contributed by atoms with van der Waals surface area (Å²) in [5.41, 5.74) is 6.44. The fourth-order valence-electron chi connectivity index (χ4n) is 1.09. The number of hydrogen-bond acceptors (Lipinski definition) is 2. The van der Waals surface area contributed by atoms with Gasteiger partial charge in [0.2, 0.25) is 0 Å². The summed E-state index contributed by atoms with van der Waals surface area (Å²) in [5, 5.41) is 0. The largest absolute Gasteiger partial charge is 0.496 e. The van der Waals surface area contributed by atoms with Crippen LogP contribution in [0.15, 0.2) is 30.9 Å². The number of nitrogens with two attached hydrogens (primary N) is 1. The molecule has 1 aromatic rings. The van der Waals surface area contributed by atoms with Crippen LogP contribution >= 0.6 is 0 Å². The number of methoxy groups -OCH3 is 1. The topological polar surface area (TPSA) is 35.2 Å². The maximum atomic E-state index is 12.8. The van der Waals surface area contributed by atoms with E-state index in [0.29, 0.717) is 5.75 Å². The van der Waals surface area contributed by atoms with Crippen molar-refractivity contribution in [2.45, 2.75) is 6.04 Å². The van der Waals surface area contributed by atoms with Gasteiger partial charge in [-0.1, -0.05) is 12.1 Å². The maximum absolute atomic E-state index is 12.8. The van der Waals surface area contributed by atoms with Crippen molar-refractivity contribution in [3.8, 4) is 5.75 Å². The molecule has 70 valence electrons. The second-order valence-corrected chi connectivity index (χ2v) is 2.65. The van der Waals surface area contributed by atoms with E-state index in [0.717, 1.165) is 5.56 Å². The summed E-state index contributed by atoms with van der Waals surface area (Å²) < 4.78 is 17.7. The highest BCUT2D eigenvalue weighted by atomic mass is 19.1. The predicted molar refractivity (Wildman–Crippen MR) is 50.1 cm³/mol. The lowest BCUT2D eigenvalue weighted by molar-refractivity contribution is 0.404. The lowest BCUT2D eigenvalue weighted by Crippen LogP contribution is -2.08. The summed E-state index contributed by atoms with van der Waals surface area (Å²) >= 11 is 0. The molecule has 2 N–H and O–H groups in total. The Labute approximate surface area is 76.8 Å². The first kappa shape index (κ1) is 9.74. The van der Waals surface area contributed by atoms with Crippen molar-refractivity contribution in [2.75, 3.05) is 7.11 Å². The first-order valence-corrected chi connectivity index (χ1v) is 3.90. The molecule has 2 nitrogen and oxygen atoms in total. The van der Waals surface area contributed by atoms with Gasteiger partial charge in [-0.2, -0.15) is 0 Å². The molecular formula is C10H12FNO. The first-order valence-electron chi connectivity index (χ1n) is 3.90. The smallest absolute Gasteiger partial charge is 0.126 e. The minimum atomic E-state index is -0.336. The second kappa shape index (κ2) is 4.05. The Morgan fingerprint density at radius 2 is 2.31 bits per heavy atom. The van der Waals surface area contributed by atoms with Crippen LogP contribution in [0.2, 0.25) is 0 Å². The third kappa shape index (κ3) is 2.06. The molecule has 3 heteroatoms. The van der Waals surface area contributed by atoms with E-state index in [-0.39, 0.29) is 11.9 Å². The van der Waals surface area contributed by atoms with Gasteiger partial charge >= 0.3 is 0 Å². The van der Waals surface area contributed by atoms with Crippen LogP contribution < -0.4 is 10.5 Å². The van der Waals surface area contributed by atoms with Gasteiger partial charge in [0.15, 0.2) is 0 Å². The van der Waals surface area contributed by atoms with Crippen molar-refractivity contribution in [2.24, 2.45) is 5.73 Å². The van der Waals surface area contributed by atoms with Crippen molar-refractivity contribution in [1.82, 2.24) is 0 Å². The summed E-state index contributed by atoms with van der Waals surface area (Å²) in [6.45, 7) is 3.56. The van der Waals surface area contributed by atoms with Crippen LogP contribution in [0, 0.1) is 5.82 Å². The molecule has 1 rings (SSSR count). The number of halogens is 1. The van der Waals surface area contributed by atoms with E-state index >= 15 is 0 Å². The molecule has 0 aliphatic heterocycles. The highest BCUT2D eigenvalue weighted by Crippen LogP contribution is 2.24. The van der Waals surface area contributed by atoms with Gasteiger partial charge in [0.1, 0.15) is 11.6 Å². The molecule has 0 saturated carbocycles. The summed E-state index contributed by atoms with van der Waals surface area (Å²) in [6, 6.07) is 3.93. The van der Waals surface area contributed by atoms with Crippen molar-refractivity contribution in [3.63, 3.8) is 0 Å². The van der Waals surface area contributed by atoms with Gasteiger partial charge in [-0.05, 0) is 6.07 Å². The molecule has 13 heavy (non-hydrogen) atoms. The fourth-order valence-corrected chi connectivity index (χ4v) is 1.09. The van der Waals surface area contributed by atoms with E-state index in [9.17, 15) is 4.39 Å². The minimum Gasteiger partial charge on any atom is -0.496 e. The van der Waals surface area contributed by atoms with Gasteiger partial charge in [0, 0.05) is 11.6 Å². The van der Waals surface area contributed by atoms with Crippen molar-refractivity contribution in [3.05, 3.63) is 42.2 Å². The molecule has 0 amide bonds. The lowest BCUT2D eigenvalue weighted by atomic mass is 10.1. The van der Waals surface area contributed by atoms with Gasteiger partial charge in [-0.3, -0.25) is 0 Å². The Kier molecular flexibility index (Phi) is 3.03. The molecule has 0 aromatic heterocycles. The maximum Gasteiger partial charge on any atom is 0.126 e. The molecule has 0 heterocycles. The number of benzene rings is 1. The average molecular weight is 181 g/mol. The predicted octanol–water partition coefficient (Wildman–Crippen LogP) is 2.02.